The quantitative estimate of drug-likeness (QED) is 0.525. The van der Waals surface area contributed by atoms with Crippen molar-refractivity contribution in [3.8, 4) is 22.7 Å². The van der Waals surface area contributed by atoms with Gasteiger partial charge in [0.25, 0.3) is 11.5 Å². The van der Waals surface area contributed by atoms with Gasteiger partial charge >= 0.3 is 0 Å². The third-order valence-electron chi connectivity index (χ3n) is 4.75. The van der Waals surface area contributed by atoms with Crippen molar-refractivity contribution in [3.05, 3.63) is 107 Å². The topological polar surface area (TPSA) is 86.1 Å². The van der Waals surface area contributed by atoms with Crippen LogP contribution in [0.2, 0.25) is 0 Å². The van der Waals surface area contributed by atoms with Gasteiger partial charge in [0.1, 0.15) is 5.75 Å². The van der Waals surface area contributed by atoms with Crippen LogP contribution in [0.1, 0.15) is 15.9 Å². The van der Waals surface area contributed by atoms with Crippen LogP contribution in [0.15, 0.2) is 90.2 Å². The van der Waals surface area contributed by atoms with Crippen LogP contribution >= 0.6 is 0 Å². The molecule has 0 aliphatic carbocycles. The number of carbonyl (C=O) groups is 1. The van der Waals surface area contributed by atoms with E-state index >= 15 is 0 Å². The summed E-state index contributed by atoms with van der Waals surface area (Å²) < 4.78 is 6.68. The van der Waals surface area contributed by atoms with Gasteiger partial charge in [0.05, 0.1) is 18.4 Å². The van der Waals surface area contributed by atoms with E-state index in [-0.39, 0.29) is 29.3 Å². The molecule has 4 rings (SSSR count). The first-order valence-electron chi connectivity index (χ1n) is 9.65. The summed E-state index contributed by atoms with van der Waals surface area (Å²) in [4.78, 5) is 33.8. The van der Waals surface area contributed by atoms with Crippen LogP contribution in [0.25, 0.3) is 16.9 Å². The fourth-order valence-electron chi connectivity index (χ4n) is 3.14. The molecule has 0 atom stereocenters. The number of benzene rings is 1. The molecule has 0 unspecified atom stereocenters. The van der Waals surface area contributed by atoms with E-state index in [1.165, 1.54) is 23.9 Å². The van der Waals surface area contributed by atoms with Crippen molar-refractivity contribution in [1.82, 2.24) is 19.9 Å². The summed E-state index contributed by atoms with van der Waals surface area (Å²) in [6.07, 6.45) is 6.67. The lowest BCUT2D eigenvalue weighted by Gasteiger charge is -2.13. The van der Waals surface area contributed by atoms with E-state index in [1.807, 2.05) is 42.5 Å². The first-order chi connectivity index (χ1) is 15.2. The minimum absolute atomic E-state index is 0.222. The fourth-order valence-corrected chi connectivity index (χ4v) is 3.14. The number of para-hydroxylation sites is 1. The largest absolute Gasteiger partial charge is 0.496 e. The van der Waals surface area contributed by atoms with Gasteiger partial charge in [-0.2, -0.15) is 0 Å². The second-order valence-electron chi connectivity index (χ2n) is 6.78. The Balaban J connectivity index is 1.52. The molecule has 0 radical (unpaired) electrons. The minimum atomic E-state index is -0.349. The lowest BCUT2D eigenvalue weighted by atomic mass is 10.1. The molecule has 3 heterocycles. The number of aromatic nitrogens is 3. The Labute approximate surface area is 179 Å². The molecule has 0 saturated heterocycles. The van der Waals surface area contributed by atoms with Crippen LogP contribution in [0, 0.1) is 0 Å². The van der Waals surface area contributed by atoms with Gasteiger partial charge in [0.15, 0.2) is 0 Å². The normalized spacial score (nSPS) is 10.5. The standard InChI is InChI=1S/C24H20N4O3/c1-31-22-12-23(29)28(19-7-3-2-4-8-19)16-20(22)24(30)27-14-17-9-10-21(26-13-17)18-6-5-11-25-15-18/h2-13,15-16H,14H2,1H3,(H,27,30). The highest BCUT2D eigenvalue weighted by atomic mass is 16.5. The predicted octanol–water partition coefficient (Wildman–Crippen LogP) is 3.23. The number of carbonyl (C=O) groups excluding carboxylic acids is 1. The van der Waals surface area contributed by atoms with E-state index in [4.69, 9.17) is 4.74 Å². The van der Waals surface area contributed by atoms with Crippen molar-refractivity contribution in [2.24, 2.45) is 0 Å². The molecule has 0 spiro atoms. The van der Waals surface area contributed by atoms with Gasteiger partial charge in [-0.25, -0.2) is 0 Å². The molecule has 1 amide bonds. The van der Waals surface area contributed by atoms with Gasteiger partial charge in [0.2, 0.25) is 0 Å². The number of nitrogens with one attached hydrogen (secondary N) is 1. The third-order valence-corrected chi connectivity index (χ3v) is 4.75. The summed E-state index contributed by atoms with van der Waals surface area (Å²) in [6, 6.07) is 18.0. The Bertz CT molecular complexity index is 1240. The first-order valence-corrected chi connectivity index (χ1v) is 9.65. The molecule has 0 aliphatic heterocycles. The maximum atomic E-state index is 12.8. The lowest BCUT2D eigenvalue weighted by Crippen LogP contribution is -2.27. The highest BCUT2D eigenvalue weighted by molar-refractivity contribution is 5.96. The molecule has 31 heavy (non-hydrogen) atoms. The van der Waals surface area contributed by atoms with Gasteiger partial charge in [-0.05, 0) is 35.9 Å². The van der Waals surface area contributed by atoms with E-state index in [0.29, 0.717) is 5.69 Å². The van der Waals surface area contributed by atoms with Crippen LogP contribution in [0.5, 0.6) is 5.75 Å². The van der Waals surface area contributed by atoms with Crippen molar-refractivity contribution >= 4 is 5.91 Å². The highest BCUT2D eigenvalue weighted by Crippen LogP contribution is 2.18. The van der Waals surface area contributed by atoms with E-state index < -0.39 is 0 Å². The number of methoxy groups -OCH3 is 1. The van der Waals surface area contributed by atoms with Gasteiger partial charge in [0, 0.05) is 48.6 Å². The average Bonchev–Trinajstić information content (AvgIpc) is 2.83. The van der Waals surface area contributed by atoms with Crippen molar-refractivity contribution in [3.63, 3.8) is 0 Å². The monoisotopic (exact) mass is 412 g/mol. The minimum Gasteiger partial charge on any atom is -0.496 e. The zero-order valence-corrected chi connectivity index (χ0v) is 16.9. The Morgan fingerprint density at radius 2 is 1.90 bits per heavy atom. The fraction of sp³-hybridized carbons (Fsp3) is 0.0833. The van der Waals surface area contributed by atoms with Gasteiger partial charge in [-0.3, -0.25) is 24.1 Å². The summed E-state index contributed by atoms with van der Waals surface area (Å²) in [5.41, 5.74) is 3.22. The van der Waals surface area contributed by atoms with Crippen LogP contribution in [0.4, 0.5) is 0 Å². The Morgan fingerprint density at radius 3 is 2.58 bits per heavy atom. The second-order valence-corrected chi connectivity index (χ2v) is 6.78. The molecule has 0 fully saturated rings. The maximum Gasteiger partial charge on any atom is 0.258 e. The molecule has 3 aromatic heterocycles. The number of pyridine rings is 3. The lowest BCUT2D eigenvalue weighted by molar-refractivity contribution is 0.0947. The Kier molecular flexibility index (Phi) is 5.84. The number of nitrogens with zero attached hydrogens (tertiary/aromatic N) is 3. The molecule has 4 aromatic rings. The molecule has 1 N–H and O–H groups in total. The summed E-state index contributed by atoms with van der Waals surface area (Å²) in [7, 11) is 1.43. The molecule has 7 heteroatoms. The summed E-state index contributed by atoms with van der Waals surface area (Å²) in [6.45, 7) is 0.284. The van der Waals surface area contributed by atoms with Crippen LogP contribution in [-0.2, 0) is 6.54 Å². The van der Waals surface area contributed by atoms with Crippen LogP contribution in [-0.4, -0.2) is 27.6 Å². The summed E-state index contributed by atoms with van der Waals surface area (Å²) in [5.74, 6) is -0.127. The molecular weight excluding hydrogens is 392 g/mol. The van der Waals surface area contributed by atoms with Crippen LogP contribution in [0.3, 0.4) is 0 Å². The van der Waals surface area contributed by atoms with Gasteiger partial charge in [-0.15, -0.1) is 0 Å². The average molecular weight is 412 g/mol. The van der Waals surface area contributed by atoms with Gasteiger partial charge < -0.3 is 10.1 Å². The number of amides is 1. The smallest absolute Gasteiger partial charge is 0.258 e. The van der Waals surface area contributed by atoms with Crippen LogP contribution < -0.4 is 15.6 Å². The van der Waals surface area contributed by atoms with E-state index in [2.05, 4.69) is 15.3 Å². The number of ether oxygens (including phenoxy) is 1. The van der Waals surface area contributed by atoms with Gasteiger partial charge in [-0.1, -0.05) is 24.3 Å². The maximum absolute atomic E-state index is 12.8. The molecule has 0 bridgehead atoms. The van der Waals surface area contributed by atoms with E-state index in [1.54, 1.807) is 30.7 Å². The molecular formula is C24H20N4O3. The molecule has 1 aromatic carbocycles. The Morgan fingerprint density at radius 1 is 1.06 bits per heavy atom. The zero-order chi connectivity index (χ0) is 21.6. The van der Waals surface area contributed by atoms with E-state index in [0.717, 1.165) is 16.8 Å². The SMILES string of the molecule is COc1cc(=O)n(-c2ccccc2)cc1C(=O)NCc1ccc(-c2cccnc2)nc1. The Hall–Kier alpha value is -4.26. The number of rotatable bonds is 6. The molecule has 0 aliphatic rings. The highest BCUT2D eigenvalue weighted by Gasteiger charge is 2.16. The molecule has 154 valence electrons. The predicted molar refractivity (Wildman–Crippen MR) is 117 cm³/mol. The number of hydrogen-bond acceptors (Lipinski definition) is 5. The van der Waals surface area contributed by atoms with Crippen molar-refractivity contribution in [2.75, 3.05) is 7.11 Å². The second kappa shape index (κ2) is 9.04. The summed E-state index contributed by atoms with van der Waals surface area (Å²) >= 11 is 0. The first kappa shape index (κ1) is 20.0. The van der Waals surface area contributed by atoms with Crippen molar-refractivity contribution < 1.29 is 9.53 Å². The summed E-state index contributed by atoms with van der Waals surface area (Å²) in [5, 5.41) is 2.86. The molecule has 0 saturated carbocycles. The van der Waals surface area contributed by atoms with Crippen molar-refractivity contribution in [1.29, 1.82) is 0 Å². The number of hydrogen-bond donors (Lipinski definition) is 1. The third kappa shape index (κ3) is 4.51. The zero-order valence-electron chi connectivity index (χ0n) is 16.9. The van der Waals surface area contributed by atoms with E-state index in [9.17, 15) is 9.59 Å². The van der Waals surface area contributed by atoms with Crippen molar-refractivity contribution in [2.45, 2.75) is 6.54 Å². The molecule has 7 nitrogen and oxygen atoms in total.